The third-order valence-corrected chi connectivity index (χ3v) is 9.18. The van der Waals surface area contributed by atoms with Crippen molar-refractivity contribution < 1.29 is 26.4 Å². The van der Waals surface area contributed by atoms with Crippen LogP contribution in [0.3, 0.4) is 0 Å². The Kier molecular flexibility index (Phi) is 5.98. The van der Waals surface area contributed by atoms with Gasteiger partial charge in [0.1, 0.15) is 20.9 Å². The van der Waals surface area contributed by atoms with E-state index in [4.69, 9.17) is 0 Å². The van der Waals surface area contributed by atoms with Crippen molar-refractivity contribution in [1.29, 1.82) is 0 Å². The molecule has 0 N–H and O–H groups in total. The third-order valence-electron chi connectivity index (χ3n) is 5.42. The maximum atomic E-state index is 13.2. The van der Waals surface area contributed by atoms with Gasteiger partial charge in [0.25, 0.3) is 0 Å². The summed E-state index contributed by atoms with van der Waals surface area (Å²) in [7, 11) is -3.09. The predicted molar refractivity (Wildman–Crippen MR) is 110 cm³/mol. The van der Waals surface area contributed by atoms with Crippen molar-refractivity contribution in [3.05, 3.63) is 21.1 Å². The molecular weight excluding hydrogens is 475 g/mol. The number of amides is 1. The molecule has 31 heavy (non-hydrogen) atoms. The summed E-state index contributed by atoms with van der Waals surface area (Å²) in [5.74, 6) is -0.511. The maximum absolute atomic E-state index is 13.2. The van der Waals surface area contributed by atoms with Gasteiger partial charge >= 0.3 is 6.18 Å². The van der Waals surface area contributed by atoms with E-state index in [1.54, 1.807) is 16.0 Å². The van der Waals surface area contributed by atoms with E-state index in [0.717, 1.165) is 4.88 Å². The largest absolute Gasteiger partial charge is 0.445 e. The lowest BCUT2D eigenvalue weighted by Crippen LogP contribution is -2.53. The van der Waals surface area contributed by atoms with Crippen molar-refractivity contribution in [1.82, 2.24) is 20.1 Å². The highest BCUT2D eigenvalue weighted by atomic mass is 32.2. The number of halogens is 3. The summed E-state index contributed by atoms with van der Waals surface area (Å²) >= 11 is 1.91. The lowest BCUT2D eigenvalue weighted by molar-refractivity contribution is -0.139. The van der Waals surface area contributed by atoms with Gasteiger partial charge in [0.05, 0.1) is 11.5 Å². The zero-order valence-corrected chi connectivity index (χ0v) is 19.0. The minimum atomic E-state index is -4.55. The molecule has 0 radical (unpaired) electrons. The van der Waals surface area contributed by atoms with Crippen LogP contribution in [-0.4, -0.2) is 65.5 Å². The molecule has 2 saturated heterocycles. The maximum Gasteiger partial charge on any atom is 0.445 e. The number of aromatic nitrogens is 3. The van der Waals surface area contributed by atoms with Crippen molar-refractivity contribution in [3.63, 3.8) is 0 Å². The Balaban J connectivity index is 1.56. The zero-order valence-electron chi connectivity index (χ0n) is 16.5. The number of carbonyl (C=O) groups excluding carboxylic acids is 1. The van der Waals surface area contributed by atoms with Crippen LogP contribution in [-0.2, 0) is 20.8 Å². The molecule has 2 fully saturated rings. The van der Waals surface area contributed by atoms with Crippen molar-refractivity contribution in [3.8, 4) is 0 Å². The quantitative estimate of drug-likeness (QED) is 0.646. The fraction of sp³-hybridized carbons (Fsp3) is 0.647. The summed E-state index contributed by atoms with van der Waals surface area (Å²) < 4.78 is 62.2. The molecule has 1 atom stereocenters. The summed E-state index contributed by atoms with van der Waals surface area (Å²) in [5, 5.41) is 6.80. The Morgan fingerprint density at radius 3 is 2.45 bits per heavy atom. The van der Waals surface area contributed by atoms with Gasteiger partial charge in [0, 0.05) is 36.6 Å². The molecule has 4 heterocycles. The van der Waals surface area contributed by atoms with Gasteiger partial charge in [-0.05, 0) is 19.8 Å². The molecule has 0 bridgehead atoms. The van der Waals surface area contributed by atoms with Crippen LogP contribution in [0.5, 0.6) is 0 Å². The monoisotopic (exact) mass is 495 g/mol. The fourth-order valence-electron chi connectivity index (χ4n) is 3.79. The van der Waals surface area contributed by atoms with Gasteiger partial charge in [0.2, 0.25) is 16.0 Å². The second-order valence-corrected chi connectivity index (χ2v) is 12.1. The molecule has 2 aromatic heterocycles. The van der Waals surface area contributed by atoms with Crippen LogP contribution in [0, 0.1) is 12.8 Å². The second-order valence-electron chi connectivity index (χ2n) is 7.62. The number of anilines is 1. The Hall–Kier alpha value is -1.80. The molecule has 4 rings (SSSR count). The Bertz CT molecular complexity index is 1050. The van der Waals surface area contributed by atoms with E-state index in [0.29, 0.717) is 22.9 Å². The molecule has 170 valence electrons. The standard InChI is InChI=1S/C17H20F3N5O3S3/c1-10-8-21-13(29-10)12-9-24(16-23-22-15(30-16)17(18,19)20)4-5-25(12)14(26)11-2-6-31(27,28)7-3-11/h8,11-12H,2-7,9H2,1H3. The van der Waals surface area contributed by atoms with Crippen LogP contribution in [0.1, 0.15) is 33.8 Å². The number of carbonyl (C=O) groups is 1. The molecule has 0 aromatic carbocycles. The lowest BCUT2D eigenvalue weighted by Gasteiger charge is -2.42. The van der Waals surface area contributed by atoms with E-state index < -0.39 is 27.1 Å². The van der Waals surface area contributed by atoms with Crippen LogP contribution in [0.25, 0.3) is 0 Å². The Morgan fingerprint density at radius 2 is 1.87 bits per heavy atom. The van der Waals surface area contributed by atoms with Gasteiger partial charge in [-0.2, -0.15) is 13.2 Å². The first kappa shape index (κ1) is 22.4. The normalized spacial score (nSPS) is 22.6. The first-order chi connectivity index (χ1) is 14.5. The smallest absolute Gasteiger partial charge is 0.342 e. The molecule has 1 amide bonds. The van der Waals surface area contributed by atoms with E-state index in [-0.39, 0.29) is 54.4 Å². The molecule has 8 nitrogen and oxygen atoms in total. The summed E-state index contributed by atoms with van der Waals surface area (Å²) in [6.07, 6.45) is -2.28. The van der Waals surface area contributed by atoms with Gasteiger partial charge in [-0.15, -0.1) is 21.5 Å². The summed E-state index contributed by atoms with van der Waals surface area (Å²) in [4.78, 5) is 22.0. The first-order valence-electron chi connectivity index (χ1n) is 9.62. The second kappa shape index (κ2) is 8.28. The van der Waals surface area contributed by atoms with Gasteiger partial charge in [-0.25, -0.2) is 13.4 Å². The Labute approximate surface area is 185 Å². The average molecular weight is 496 g/mol. The number of aryl methyl sites for hydroxylation is 1. The summed E-state index contributed by atoms with van der Waals surface area (Å²) in [6, 6.07) is -0.447. The highest BCUT2D eigenvalue weighted by molar-refractivity contribution is 7.91. The molecule has 2 aromatic rings. The number of hydrogen-bond donors (Lipinski definition) is 0. The molecule has 2 aliphatic heterocycles. The van der Waals surface area contributed by atoms with Crippen molar-refractivity contribution >= 4 is 43.5 Å². The van der Waals surface area contributed by atoms with Gasteiger partial charge in [0.15, 0.2) is 0 Å². The number of alkyl halides is 3. The highest BCUT2D eigenvalue weighted by Gasteiger charge is 2.40. The fourth-order valence-corrected chi connectivity index (χ4v) is 6.90. The van der Waals surface area contributed by atoms with Crippen LogP contribution >= 0.6 is 22.7 Å². The minimum absolute atomic E-state index is 0.00456. The van der Waals surface area contributed by atoms with Crippen LogP contribution in [0.15, 0.2) is 6.20 Å². The Morgan fingerprint density at radius 1 is 1.16 bits per heavy atom. The molecule has 0 spiro atoms. The van der Waals surface area contributed by atoms with Crippen LogP contribution in [0.2, 0.25) is 0 Å². The van der Waals surface area contributed by atoms with Gasteiger partial charge in [-0.1, -0.05) is 11.3 Å². The van der Waals surface area contributed by atoms with Crippen LogP contribution < -0.4 is 4.90 Å². The zero-order chi connectivity index (χ0) is 22.4. The van der Waals surface area contributed by atoms with E-state index in [1.165, 1.54) is 11.3 Å². The predicted octanol–water partition coefficient (Wildman–Crippen LogP) is 2.54. The molecule has 2 aliphatic rings. The van der Waals surface area contributed by atoms with E-state index in [2.05, 4.69) is 15.2 Å². The number of rotatable bonds is 3. The molecule has 14 heteroatoms. The van der Waals surface area contributed by atoms with E-state index in [1.807, 2.05) is 6.92 Å². The van der Waals surface area contributed by atoms with E-state index in [9.17, 15) is 26.4 Å². The average Bonchev–Trinajstić information content (AvgIpc) is 3.36. The van der Waals surface area contributed by atoms with Crippen LogP contribution in [0.4, 0.5) is 18.3 Å². The molecule has 0 saturated carbocycles. The topological polar surface area (TPSA) is 96.4 Å². The van der Waals surface area contributed by atoms with Crippen molar-refractivity contribution in [2.45, 2.75) is 32.0 Å². The summed E-state index contributed by atoms with van der Waals surface area (Å²) in [5.41, 5.74) is 0. The molecular formula is C17H20F3N5O3S3. The SMILES string of the molecule is Cc1cnc(C2CN(c3nnc(C(F)(F)F)s3)CCN2C(=O)C2CCS(=O)(=O)CC2)s1. The molecule has 0 aliphatic carbocycles. The van der Waals surface area contributed by atoms with Gasteiger partial charge < -0.3 is 9.80 Å². The number of piperazine rings is 1. The minimum Gasteiger partial charge on any atom is -0.342 e. The lowest BCUT2D eigenvalue weighted by atomic mass is 9.99. The first-order valence-corrected chi connectivity index (χ1v) is 13.1. The van der Waals surface area contributed by atoms with E-state index >= 15 is 0 Å². The number of thiazole rings is 1. The third kappa shape index (κ3) is 4.85. The molecule has 1 unspecified atom stereocenters. The summed E-state index contributed by atoms with van der Waals surface area (Å²) in [6.45, 7) is 2.73. The number of hydrogen-bond acceptors (Lipinski definition) is 9. The number of nitrogens with zero attached hydrogens (tertiary/aromatic N) is 5. The highest BCUT2D eigenvalue weighted by Crippen LogP contribution is 2.37. The van der Waals surface area contributed by atoms with Crippen molar-refractivity contribution in [2.24, 2.45) is 5.92 Å². The number of sulfone groups is 1. The van der Waals surface area contributed by atoms with Crippen molar-refractivity contribution in [2.75, 3.05) is 36.0 Å². The van der Waals surface area contributed by atoms with Gasteiger partial charge in [-0.3, -0.25) is 4.79 Å².